The number of anilines is 1. The van der Waals surface area contributed by atoms with E-state index >= 15 is 0 Å². The summed E-state index contributed by atoms with van der Waals surface area (Å²) in [6, 6.07) is 3.73. The van der Waals surface area contributed by atoms with Crippen LogP contribution in [0.2, 0.25) is 0 Å². The monoisotopic (exact) mass is 311 g/mol. The number of aromatic carboxylic acids is 1. The second kappa shape index (κ2) is 4.74. The Balaban J connectivity index is 3.14. The van der Waals surface area contributed by atoms with Crippen molar-refractivity contribution in [2.75, 3.05) is 5.32 Å². The van der Waals surface area contributed by atoms with Gasteiger partial charge in [-0.25, -0.2) is 4.79 Å². The summed E-state index contributed by atoms with van der Waals surface area (Å²) in [7, 11) is 0. The van der Waals surface area contributed by atoms with Gasteiger partial charge in [0, 0.05) is 4.47 Å². The summed E-state index contributed by atoms with van der Waals surface area (Å²) < 4.78 is 36.1. The van der Waals surface area contributed by atoms with Gasteiger partial charge in [0.15, 0.2) is 0 Å². The fraction of sp³-hybridized carbons (Fsp3) is 0.111. The second-order valence-corrected chi connectivity index (χ2v) is 3.77. The Bertz CT molecular complexity index is 473. The van der Waals surface area contributed by atoms with Gasteiger partial charge in [-0.1, -0.05) is 6.07 Å². The first-order valence-corrected chi connectivity index (χ1v) is 4.92. The lowest BCUT2D eigenvalue weighted by Gasteiger charge is -2.11. The highest BCUT2D eigenvalue weighted by molar-refractivity contribution is 9.10. The van der Waals surface area contributed by atoms with E-state index in [1.807, 2.05) is 0 Å². The van der Waals surface area contributed by atoms with Gasteiger partial charge in [-0.3, -0.25) is 4.79 Å². The van der Waals surface area contributed by atoms with Gasteiger partial charge < -0.3 is 10.4 Å². The quantitative estimate of drug-likeness (QED) is 0.882. The van der Waals surface area contributed by atoms with Crippen LogP contribution in [0, 0.1) is 0 Å². The highest BCUT2D eigenvalue weighted by Crippen LogP contribution is 2.28. The van der Waals surface area contributed by atoms with Crippen LogP contribution in [0.5, 0.6) is 0 Å². The van der Waals surface area contributed by atoms with Crippen LogP contribution in [-0.4, -0.2) is 23.2 Å². The van der Waals surface area contributed by atoms with Crippen molar-refractivity contribution in [1.29, 1.82) is 0 Å². The number of carbonyl (C=O) groups excluding carboxylic acids is 1. The Hall–Kier alpha value is -1.57. The zero-order valence-electron chi connectivity index (χ0n) is 8.01. The van der Waals surface area contributed by atoms with E-state index < -0.39 is 29.3 Å². The number of carboxylic acid groups (broad SMARTS) is 1. The highest BCUT2D eigenvalue weighted by Gasteiger charge is 2.39. The van der Waals surface area contributed by atoms with Gasteiger partial charge in [-0.15, -0.1) is 0 Å². The molecule has 0 spiro atoms. The molecule has 0 aliphatic heterocycles. The Labute approximate surface area is 102 Å². The summed E-state index contributed by atoms with van der Waals surface area (Å²) in [5.74, 6) is -3.67. The molecular formula is C9H5BrF3NO3. The highest BCUT2D eigenvalue weighted by atomic mass is 79.9. The van der Waals surface area contributed by atoms with E-state index in [4.69, 9.17) is 5.11 Å². The third kappa shape index (κ3) is 3.19. The number of para-hydroxylation sites is 1. The fourth-order valence-corrected chi connectivity index (χ4v) is 1.48. The van der Waals surface area contributed by atoms with E-state index in [9.17, 15) is 22.8 Å². The zero-order chi connectivity index (χ0) is 13.2. The molecule has 1 aromatic rings. The molecule has 0 radical (unpaired) electrons. The van der Waals surface area contributed by atoms with Gasteiger partial charge in [0.1, 0.15) is 0 Å². The van der Waals surface area contributed by atoms with E-state index in [1.165, 1.54) is 17.4 Å². The fourth-order valence-electron chi connectivity index (χ4n) is 1.01. The van der Waals surface area contributed by atoms with Crippen molar-refractivity contribution in [3.63, 3.8) is 0 Å². The number of hydrogen-bond acceptors (Lipinski definition) is 2. The number of alkyl halides is 3. The van der Waals surface area contributed by atoms with Crippen LogP contribution in [0.4, 0.5) is 18.9 Å². The summed E-state index contributed by atoms with van der Waals surface area (Å²) in [6.07, 6.45) is -5.08. The van der Waals surface area contributed by atoms with Crippen molar-refractivity contribution < 1.29 is 27.9 Å². The van der Waals surface area contributed by atoms with Crippen molar-refractivity contribution in [3.8, 4) is 0 Å². The smallest absolute Gasteiger partial charge is 0.471 e. The predicted octanol–water partition coefficient (Wildman–Crippen LogP) is 2.65. The Morgan fingerprint density at radius 3 is 2.35 bits per heavy atom. The molecule has 0 aliphatic carbocycles. The maximum absolute atomic E-state index is 12.0. The molecule has 1 amide bonds. The summed E-state index contributed by atoms with van der Waals surface area (Å²) >= 11 is 2.87. The molecule has 2 N–H and O–H groups in total. The average molecular weight is 312 g/mol. The van der Waals surface area contributed by atoms with Crippen LogP contribution < -0.4 is 5.32 Å². The Morgan fingerprint density at radius 2 is 1.88 bits per heavy atom. The largest absolute Gasteiger partial charge is 0.478 e. The Morgan fingerprint density at radius 1 is 1.29 bits per heavy atom. The molecule has 0 aliphatic rings. The van der Waals surface area contributed by atoms with Gasteiger partial charge in [0.2, 0.25) is 0 Å². The molecule has 0 saturated carbocycles. The lowest BCUT2D eigenvalue weighted by molar-refractivity contribution is -0.167. The minimum Gasteiger partial charge on any atom is -0.478 e. The standard InChI is InChI=1S/C9H5BrF3NO3/c10-5-3-1-2-4(7(15)16)6(5)14-8(17)9(11,12)13/h1-3H,(H,14,17)(H,15,16). The maximum atomic E-state index is 12.0. The van der Waals surface area contributed by atoms with Crippen molar-refractivity contribution in [2.24, 2.45) is 0 Å². The SMILES string of the molecule is O=C(O)c1cccc(Br)c1NC(=O)C(F)(F)F. The van der Waals surface area contributed by atoms with Crippen molar-refractivity contribution in [3.05, 3.63) is 28.2 Å². The summed E-state index contributed by atoms with van der Waals surface area (Å²) in [4.78, 5) is 21.5. The van der Waals surface area contributed by atoms with E-state index in [-0.39, 0.29) is 4.47 Å². The normalized spacial score (nSPS) is 11.1. The molecule has 0 bridgehead atoms. The van der Waals surface area contributed by atoms with Crippen LogP contribution in [-0.2, 0) is 4.79 Å². The van der Waals surface area contributed by atoms with Gasteiger partial charge >= 0.3 is 18.1 Å². The van der Waals surface area contributed by atoms with E-state index in [2.05, 4.69) is 15.9 Å². The van der Waals surface area contributed by atoms with Crippen LogP contribution in [0.25, 0.3) is 0 Å². The second-order valence-electron chi connectivity index (χ2n) is 2.92. The molecule has 0 heterocycles. The summed E-state index contributed by atoms with van der Waals surface area (Å²) in [5, 5.41) is 10.3. The van der Waals surface area contributed by atoms with Crippen LogP contribution >= 0.6 is 15.9 Å². The minimum atomic E-state index is -5.08. The van der Waals surface area contributed by atoms with Crippen LogP contribution in [0.15, 0.2) is 22.7 Å². The van der Waals surface area contributed by atoms with Gasteiger partial charge in [0.25, 0.3) is 0 Å². The van der Waals surface area contributed by atoms with E-state index in [0.717, 1.165) is 6.07 Å². The molecule has 0 saturated heterocycles. The molecule has 4 nitrogen and oxygen atoms in total. The number of nitrogens with one attached hydrogen (secondary N) is 1. The molecule has 1 rings (SSSR count). The third-order valence-electron chi connectivity index (χ3n) is 1.74. The zero-order valence-corrected chi connectivity index (χ0v) is 9.59. The number of rotatable bonds is 2. The molecule has 17 heavy (non-hydrogen) atoms. The third-order valence-corrected chi connectivity index (χ3v) is 2.40. The first kappa shape index (κ1) is 13.5. The number of hydrogen-bond donors (Lipinski definition) is 2. The molecule has 8 heteroatoms. The number of amides is 1. The Kier molecular flexibility index (Phi) is 3.76. The van der Waals surface area contributed by atoms with Gasteiger partial charge in [-0.2, -0.15) is 13.2 Å². The van der Waals surface area contributed by atoms with Crippen LogP contribution in [0.3, 0.4) is 0 Å². The number of halogens is 4. The number of benzene rings is 1. The first-order chi connectivity index (χ1) is 7.73. The summed E-state index contributed by atoms with van der Waals surface area (Å²) in [5.41, 5.74) is -0.862. The minimum absolute atomic E-state index is 0.0509. The van der Waals surface area contributed by atoms with Crippen molar-refractivity contribution in [2.45, 2.75) is 6.18 Å². The molecule has 92 valence electrons. The molecule has 0 fully saturated rings. The van der Waals surface area contributed by atoms with Crippen molar-refractivity contribution >= 4 is 33.5 Å². The van der Waals surface area contributed by atoms with Gasteiger partial charge in [0.05, 0.1) is 11.3 Å². The van der Waals surface area contributed by atoms with E-state index in [1.54, 1.807) is 0 Å². The molecule has 0 atom stereocenters. The molecule has 0 aromatic heterocycles. The van der Waals surface area contributed by atoms with E-state index in [0.29, 0.717) is 0 Å². The van der Waals surface area contributed by atoms with Crippen LogP contribution in [0.1, 0.15) is 10.4 Å². The first-order valence-electron chi connectivity index (χ1n) is 4.13. The van der Waals surface area contributed by atoms with Crippen molar-refractivity contribution in [1.82, 2.24) is 0 Å². The topological polar surface area (TPSA) is 66.4 Å². The number of carboxylic acids is 1. The summed E-state index contributed by atoms with van der Waals surface area (Å²) in [6.45, 7) is 0. The van der Waals surface area contributed by atoms with Gasteiger partial charge in [-0.05, 0) is 28.1 Å². The maximum Gasteiger partial charge on any atom is 0.471 e. The average Bonchev–Trinajstić information content (AvgIpc) is 2.18. The lowest BCUT2D eigenvalue weighted by atomic mass is 10.2. The number of carbonyl (C=O) groups is 2. The molecule has 1 aromatic carbocycles. The lowest BCUT2D eigenvalue weighted by Crippen LogP contribution is -2.30. The predicted molar refractivity (Wildman–Crippen MR) is 55.8 cm³/mol. The molecular weight excluding hydrogens is 307 g/mol. The molecule has 0 unspecified atom stereocenters.